The van der Waals surface area contributed by atoms with Gasteiger partial charge in [0.15, 0.2) is 0 Å². The number of carbonyl (C=O) groups is 3. The minimum absolute atomic E-state index is 0.218. The van der Waals surface area contributed by atoms with E-state index in [2.05, 4.69) is 22.5 Å². The zero-order chi connectivity index (χ0) is 19.6. The summed E-state index contributed by atoms with van der Waals surface area (Å²) in [4.78, 5) is 40.5. The number of hydrogen-bond donors (Lipinski definition) is 2. The van der Waals surface area contributed by atoms with Gasteiger partial charge in [0.2, 0.25) is 0 Å². The van der Waals surface area contributed by atoms with Crippen molar-refractivity contribution >= 4 is 23.5 Å². The SMILES string of the molecule is CCCCCNC(=O)c1cncc(C(=O)Nc2ccccc2C(=O)OC)c1. The van der Waals surface area contributed by atoms with Gasteiger partial charge in [0.25, 0.3) is 11.8 Å². The molecule has 0 spiro atoms. The van der Waals surface area contributed by atoms with E-state index in [1.54, 1.807) is 24.3 Å². The molecule has 0 saturated carbocycles. The van der Waals surface area contributed by atoms with Crippen LogP contribution >= 0.6 is 0 Å². The van der Waals surface area contributed by atoms with Gasteiger partial charge in [0, 0.05) is 18.9 Å². The number of nitrogens with zero attached hydrogens (tertiary/aromatic N) is 1. The summed E-state index contributed by atoms with van der Waals surface area (Å²) in [5, 5.41) is 5.47. The average molecular weight is 369 g/mol. The van der Waals surface area contributed by atoms with Crippen LogP contribution in [0.2, 0.25) is 0 Å². The molecule has 27 heavy (non-hydrogen) atoms. The predicted octanol–water partition coefficient (Wildman–Crippen LogP) is 3.04. The minimum atomic E-state index is -0.552. The van der Waals surface area contributed by atoms with Gasteiger partial charge in [0.05, 0.1) is 29.5 Å². The number of carbonyl (C=O) groups excluding carboxylic acids is 3. The maximum absolute atomic E-state index is 12.5. The third kappa shape index (κ3) is 5.64. The topological polar surface area (TPSA) is 97.4 Å². The third-order valence-electron chi connectivity index (χ3n) is 3.91. The van der Waals surface area contributed by atoms with Crippen LogP contribution in [0.25, 0.3) is 0 Å². The van der Waals surface area contributed by atoms with Crippen molar-refractivity contribution < 1.29 is 19.1 Å². The van der Waals surface area contributed by atoms with Crippen molar-refractivity contribution in [2.24, 2.45) is 0 Å². The van der Waals surface area contributed by atoms with Crippen LogP contribution in [0.1, 0.15) is 57.3 Å². The lowest BCUT2D eigenvalue weighted by Crippen LogP contribution is -2.25. The first-order chi connectivity index (χ1) is 13.1. The highest BCUT2D eigenvalue weighted by atomic mass is 16.5. The van der Waals surface area contributed by atoms with Crippen molar-refractivity contribution in [1.29, 1.82) is 0 Å². The maximum Gasteiger partial charge on any atom is 0.339 e. The van der Waals surface area contributed by atoms with Gasteiger partial charge < -0.3 is 15.4 Å². The van der Waals surface area contributed by atoms with Gasteiger partial charge >= 0.3 is 5.97 Å². The first-order valence-corrected chi connectivity index (χ1v) is 8.78. The summed E-state index contributed by atoms with van der Waals surface area (Å²) in [6.07, 6.45) is 5.79. The van der Waals surface area contributed by atoms with Crippen LogP contribution < -0.4 is 10.6 Å². The van der Waals surface area contributed by atoms with Crippen molar-refractivity contribution in [2.45, 2.75) is 26.2 Å². The second-order valence-electron chi connectivity index (χ2n) is 5.92. The molecule has 1 aromatic carbocycles. The molecule has 7 nitrogen and oxygen atoms in total. The fourth-order valence-corrected chi connectivity index (χ4v) is 2.44. The third-order valence-corrected chi connectivity index (χ3v) is 3.91. The number of nitrogens with one attached hydrogen (secondary N) is 2. The van der Waals surface area contributed by atoms with E-state index in [0.29, 0.717) is 17.8 Å². The molecule has 2 rings (SSSR count). The number of ether oxygens (including phenoxy) is 1. The Bertz CT molecular complexity index is 820. The fourth-order valence-electron chi connectivity index (χ4n) is 2.44. The number of hydrogen-bond acceptors (Lipinski definition) is 5. The van der Waals surface area contributed by atoms with Gasteiger partial charge in [-0.3, -0.25) is 14.6 Å². The van der Waals surface area contributed by atoms with Gasteiger partial charge in [-0.2, -0.15) is 0 Å². The van der Waals surface area contributed by atoms with E-state index in [-0.39, 0.29) is 17.0 Å². The second-order valence-corrected chi connectivity index (χ2v) is 5.92. The molecular formula is C20H23N3O4. The lowest BCUT2D eigenvalue weighted by molar-refractivity contribution is 0.0601. The molecule has 2 N–H and O–H groups in total. The smallest absolute Gasteiger partial charge is 0.339 e. The van der Waals surface area contributed by atoms with E-state index < -0.39 is 11.9 Å². The number of esters is 1. The van der Waals surface area contributed by atoms with Crippen LogP contribution in [0.3, 0.4) is 0 Å². The van der Waals surface area contributed by atoms with Crippen molar-refractivity contribution in [3.8, 4) is 0 Å². The molecule has 0 saturated heterocycles. The van der Waals surface area contributed by atoms with Gasteiger partial charge in [0.1, 0.15) is 0 Å². The number of methoxy groups -OCH3 is 1. The molecular weight excluding hydrogens is 346 g/mol. The zero-order valence-electron chi connectivity index (χ0n) is 15.5. The van der Waals surface area contributed by atoms with Crippen LogP contribution in [0.15, 0.2) is 42.7 Å². The van der Waals surface area contributed by atoms with Gasteiger partial charge in [-0.1, -0.05) is 31.9 Å². The summed E-state index contributed by atoms with van der Waals surface area (Å²) < 4.78 is 4.71. The van der Waals surface area contributed by atoms with E-state index in [1.807, 2.05) is 0 Å². The van der Waals surface area contributed by atoms with E-state index in [4.69, 9.17) is 4.74 Å². The quantitative estimate of drug-likeness (QED) is 0.551. The molecule has 2 aromatic rings. The molecule has 2 amide bonds. The Kier molecular flexibility index (Phi) is 7.49. The normalized spacial score (nSPS) is 10.1. The Hall–Kier alpha value is -3.22. The van der Waals surface area contributed by atoms with Crippen LogP contribution in [0.4, 0.5) is 5.69 Å². The molecule has 1 heterocycles. The number of para-hydroxylation sites is 1. The molecule has 0 radical (unpaired) electrons. The van der Waals surface area contributed by atoms with Gasteiger partial charge in [-0.25, -0.2) is 4.79 Å². The zero-order valence-corrected chi connectivity index (χ0v) is 15.5. The highest BCUT2D eigenvalue weighted by molar-refractivity contribution is 6.08. The first-order valence-electron chi connectivity index (χ1n) is 8.78. The first kappa shape index (κ1) is 20.1. The Labute approximate surface area is 158 Å². The Balaban J connectivity index is 2.10. The molecule has 0 bridgehead atoms. The molecule has 1 aromatic heterocycles. The highest BCUT2D eigenvalue weighted by Gasteiger charge is 2.16. The summed E-state index contributed by atoms with van der Waals surface area (Å²) in [6, 6.07) is 7.99. The second kappa shape index (κ2) is 10.1. The number of pyridine rings is 1. The summed E-state index contributed by atoms with van der Waals surface area (Å²) in [5.74, 6) is -1.30. The molecule has 0 fully saturated rings. The lowest BCUT2D eigenvalue weighted by Gasteiger charge is -2.10. The van der Waals surface area contributed by atoms with Crippen LogP contribution in [0.5, 0.6) is 0 Å². The van der Waals surface area contributed by atoms with Gasteiger partial charge in [-0.15, -0.1) is 0 Å². The number of benzene rings is 1. The standard InChI is InChI=1S/C20H23N3O4/c1-3-4-7-10-22-18(24)14-11-15(13-21-12-14)19(25)23-17-9-6-5-8-16(17)20(26)27-2/h5-6,8-9,11-13H,3-4,7,10H2,1-2H3,(H,22,24)(H,23,25). The van der Waals surface area contributed by atoms with E-state index >= 15 is 0 Å². The van der Waals surface area contributed by atoms with Crippen molar-refractivity contribution in [3.05, 3.63) is 59.4 Å². The van der Waals surface area contributed by atoms with Crippen LogP contribution in [-0.4, -0.2) is 36.4 Å². The molecule has 0 aliphatic rings. The summed E-state index contributed by atoms with van der Waals surface area (Å²) in [5.41, 5.74) is 1.09. The molecule has 142 valence electrons. The summed E-state index contributed by atoms with van der Waals surface area (Å²) in [6.45, 7) is 2.67. The fraction of sp³-hybridized carbons (Fsp3) is 0.300. The van der Waals surface area contributed by atoms with E-state index in [9.17, 15) is 14.4 Å². The molecule has 0 unspecified atom stereocenters. The largest absolute Gasteiger partial charge is 0.465 e. The molecule has 0 atom stereocenters. The van der Waals surface area contributed by atoms with Crippen molar-refractivity contribution in [1.82, 2.24) is 10.3 Å². The monoisotopic (exact) mass is 369 g/mol. The molecule has 0 aliphatic heterocycles. The summed E-state index contributed by atoms with van der Waals surface area (Å²) >= 11 is 0. The lowest BCUT2D eigenvalue weighted by atomic mass is 10.1. The van der Waals surface area contributed by atoms with Crippen molar-refractivity contribution in [2.75, 3.05) is 19.0 Å². The number of unbranched alkanes of at least 4 members (excludes halogenated alkanes) is 2. The predicted molar refractivity (Wildman–Crippen MR) is 102 cm³/mol. The minimum Gasteiger partial charge on any atom is -0.465 e. The molecule has 7 heteroatoms. The van der Waals surface area contributed by atoms with E-state index in [1.165, 1.54) is 25.6 Å². The number of amides is 2. The average Bonchev–Trinajstić information content (AvgIpc) is 2.71. The number of anilines is 1. The highest BCUT2D eigenvalue weighted by Crippen LogP contribution is 2.17. The molecule has 0 aliphatic carbocycles. The maximum atomic E-state index is 12.5. The Morgan fingerprint density at radius 1 is 1.04 bits per heavy atom. The van der Waals surface area contributed by atoms with Crippen LogP contribution in [-0.2, 0) is 4.74 Å². The van der Waals surface area contributed by atoms with Gasteiger partial charge in [-0.05, 0) is 24.6 Å². The Morgan fingerprint density at radius 2 is 1.74 bits per heavy atom. The summed E-state index contributed by atoms with van der Waals surface area (Å²) in [7, 11) is 1.27. The Morgan fingerprint density at radius 3 is 2.44 bits per heavy atom. The van der Waals surface area contributed by atoms with E-state index in [0.717, 1.165) is 19.3 Å². The van der Waals surface area contributed by atoms with Crippen molar-refractivity contribution in [3.63, 3.8) is 0 Å². The van der Waals surface area contributed by atoms with Crippen LogP contribution in [0, 0.1) is 0 Å². The number of rotatable bonds is 8. The number of aromatic nitrogens is 1.